The van der Waals surface area contributed by atoms with E-state index in [9.17, 15) is 57.9 Å². The van der Waals surface area contributed by atoms with Crippen molar-refractivity contribution in [3.05, 3.63) is 85.6 Å². The third-order valence-corrected chi connectivity index (χ3v) is 13.4. The van der Waals surface area contributed by atoms with Gasteiger partial charge in [0.1, 0.15) is 36.3 Å². The molecule has 2 aromatic rings. The molecule has 1 aliphatic rings. The predicted octanol–water partition coefficient (Wildman–Crippen LogP) is 4.36. The molecule has 28 heteroatoms. The summed E-state index contributed by atoms with van der Waals surface area (Å²) in [4.78, 5) is 88.3. The number of aliphatic hydroxyl groups excluding tert-OH is 2. The number of fused-ring (bicyclic) bond motifs is 1. The van der Waals surface area contributed by atoms with Crippen LogP contribution in [0, 0.1) is 5.41 Å². The lowest BCUT2D eigenvalue weighted by atomic mass is 9.87. The molecule has 2 unspecified atom stereocenters. The number of hydrogen-bond acceptors (Lipinski definition) is 18. The van der Waals surface area contributed by atoms with Gasteiger partial charge in [-0.3, -0.25) is 32.5 Å². The molecular weight excluding hydrogens is 987 g/mol. The number of imidazole rings is 1. The second-order valence-corrected chi connectivity index (χ2v) is 21.0. The molecule has 0 spiro atoms. The zero-order valence-electron chi connectivity index (χ0n) is 38.2. The van der Waals surface area contributed by atoms with Crippen molar-refractivity contribution < 1.29 is 80.5 Å². The Labute approximate surface area is 403 Å². The van der Waals surface area contributed by atoms with Gasteiger partial charge in [-0.15, -0.1) is 0 Å². The van der Waals surface area contributed by atoms with Crippen LogP contribution >= 0.6 is 35.2 Å². The van der Waals surface area contributed by atoms with Gasteiger partial charge in [0.25, 0.3) is 0 Å². The van der Waals surface area contributed by atoms with Crippen LogP contribution in [0.5, 0.6) is 0 Å². The van der Waals surface area contributed by atoms with Gasteiger partial charge in [0.15, 0.2) is 22.8 Å². The van der Waals surface area contributed by atoms with Gasteiger partial charge in [-0.1, -0.05) is 105 Å². The summed E-state index contributed by atoms with van der Waals surface area (Å²) in [6.45, 7) is 2.57. The Bertz CT molecular complexity index is 2320. The SMILES string of the molecule is CC/C=C\C/C=C\C/C=C\C/C=C\C/C=C\C=C\CC(=O)SCCNC(=O)CCNC(=O)[C@H](O)C(C)(C)COP(=O)(O)OP(=O)(O)OC[C@H]1O[C@@H](n2cnc3c(N)ncnc32)[C@H](O)[C@@H]1OP(=O)(O)O. The monoisotopic (exact) mass is 1050 g/mol. The molecule has 2 amide bonds. The highest BCUT2D eigenvalue weighted by Crippen LogP contribution is 2.61. The molecule has 384 valence electrons. The minimum absolute atomic E-state index is 0.0284. The molecule has 1 saturated heterocycles. The number of amides is 2. The lowest BCUT2D eigenvalue weighted by Crippen LogP contribution is -2.46. The number of nitrogen functional groups attached to an aromatic ring is 1. The van der Waals surface area contributed by atoms with Crippen LogP contribution in [0.1, 0.15) is 71.9 Å². The van der Waals surface area contributed by atoms with Crippen LogP contribution in [0.15, 0.2) is 85.6 Å². The highest BCUT2D eigenvalue weighted by molar-refractivity contribution is 8.13. The first-order valence-corrected chi connectivity index (χ1v) is 27.0. The lowest BCUT2D eigenvalue weighted by molar-refractivity contribution is -0.137. The summed E-state index contributed by atoms with van der Waals surface area (Å²) in [5.74, 6) is -1.15. The number of nitrogens with zero attached hydrogens (tertiary/aromatic N) is 4. The summed E-state index contributed by atoms with van der Waals surface area (Å²) in [5.41, 5.74) is 4.26. The number of anilines is 1. The average molecular weight is 1050 g/mol. The zero-order valence-corrected chi connectivity index (χ0v) is 41.7. The second-order valence-electron chi connectivity index (χ2n) is 15.6. The summed E-state index contributed by atoms with van der Waals surface area (Å²) < 4.78 is 62.4. The first-order chi connectivity index (χ1) is 32.6. The number of phosphoric acid groups is 3. The van der Waals surface area contributed by atoms with Crippen LogP contribution in [0.3, 0.4) is 0 Å². The van der Waals surface area contributed by atoms with Gasteiger partial charge in [-0.25, -0.2) is 28.6 Å². The van der Waals surface area contributed by atoms with Crippen LogP contribution in [0.2, 0.25) is 0 Å². The van der Waals surface area contributed by atoms with Gasteiger partial charge < -0.3 is 50.9 Å². The van der Waals surface area contributed by atoms with E-state index in [1.807, 2.05) is 12.2 Å². The largest absolute Gasteiger partial charge is 0.481 e. The summed E-state index contributed by atoms with van der Waals surface area (Å²) in [5, 5.41) is 26.5. The van der Waals surface area contributed by atoms with Crippen molar-refractivity contribution >= 4 is 69.1 Å². The third-order valence-electron chi connectivity index (χ3n) is 9.42. The number of thioether (sulfide) groups is 1. The Kier molecular flexibility index (Phi) is 25.2. The first-order valence-electron chi connectivity index (χ1n) is 21.5. The molecule has 7 atom stereocenters. The van der Waals surface area contributed by atoms with E-state index in [1.54, 1.807) is 12.2 Å². The Hall–Kier alpha value is -4.00. The third kappa shape index (κ3) is 22.3. The van der Waals surface area contributed by atoms with Crippen LogP contribution in [0.4, 0.5) is 5.82 Å². The topological polar surface area (TPSA) is 364 Å². The smallest absolute Gasteiger partial charge is 0.386 e. The average Bonchev–Trinajstić information content (AvgIpc) is 3.84. The van der Waals surface area contributed by atoms with Crippen molar-refractivity contribution in [3.8, 4) is 0 Å². The maximum Gasteiger partial charge on any atom is 0.481 e. The van der Waals surface area contributed by atoms with Gasteiger partial charge in [0.05, 0.1) is 19.5 Å². The van der Waals surface area contributed by atoms with E-state index in [1.165, 1.54) is 13.8 Å². The van der Waals surface area contributed by atoms with Crippen LogP contribution < -0.4 is 16.4 Å². The number of nitrogens with one attached hydrogen (secondary N) is 2. The van der Waals surface area contributed by atoms with Crippen molar-refractivity contribution in [2.45, 2.75) is 96.4 Å². The fourth-order valence-corrected chi connectivity index (χ4v) is 9.38. The minimum atomic E-state index is -5.58. The molecule has 3 heterocycles. The maximum atomic E-state index is 12.7. The van der Waals surface area contributed by atoms with Crippen molar-refractivity contribution in [2.75, 3.05) is 37.8 Å². The Morgan fingerprint density at radius 3 is 2.13 bits per heavy atom. The molecule has 1 fully saturated rings. The number of phosphoric ester groups is 3. The standard InChI is InChI=1S/C41H62N7O17P3S/c1-4-5-6-7-8-9-10-11-12-13-14-15-16-17-18-19-20-21-32(50)69-25-24-43-31(49)22-23-44-39(53)36(52)41(2,3)27-62-68(59,60)65-67(57,58)61-26-30-35(64-66(54,55)56)34(51)40(63-30)48-29-47-33-37(42)45-28-46-38(33)48/h5-6,8-9,11-12,14-15,17-20,28-30,34-36,40,51-52H,4,7,10,13,16,21-27H2,1-3H3,(H,43,49)(H,44,53)(H,57,58)(H,59,60)(H2,42,45,46)(H2,54,55,56)/b6-5-,9-8-,12-11-,15-14-,18-17-,20-19+/t30-,34-,35-,36+,40-/m1/s1. The van der Waals surface area contributed by atoms with Crippen LogP contribution in [0.25, 0.3) is 11.2 Å². The molecule has 0 radical (unpaired) electrons. The normalized spacial score (nSPS) is 20.5. The molecule has 10 N–H and O–H groups in total. The highest BCUT2D eigenvalue weighted by Gasteiger charge is 2.50. The molecule has 1 aliphatic heterocycles. The lowest BCUT2D eigenvalue weighted by Gasteiger charge is -2.30. The van der Waals surface area contributed by atoms with Gasteiger partial charge in [0.2, 0.25) is 11.8 Å². The van der Waals surface area contributed by atoms with E-state index in [4.69, 9.17) is 19.5 Å². The van der Waals surface area contributed by atoms with Crippen molar-refractivity contribution in [2.24, 2.45) is 5.41 Å². The number of carbonyl (C=O) groups excluding carboxylic acids is 3. The number of ether oxygens (including phenoxy) is 1. The molecule has 24 nitrogen and oxygen atoms in total. The molecule has 0 aromatic carbocycles. The maximum absolute atomic E-state index is 12.7. The fourth-order valence-electron chi connectivity index (χ4n) is 5.91. The molecular formula is C41H62N7O17P3S. The number of aromatic nitrogens is 4. The van der Waals surface area contributed by atoms with E-state index in [2.05, 4.69) is 90.0 Å². The predicted molar refractivity (Wildman–Crippen MR) is 255 cm³/mol. The molecule has 0 bridgehead atoms. The summed E-state index contributed by atoms with van der Waals surface area (Å²) in [7, 11) is -16.4. The molecule has 0 saturated carbocycles. The Morgan fingerprint density at radius 1 is 0.884 bits per heavy atom. The first kappa shape index (κ1) is 59.3. The van der Waals surface area contributed by atoms with Crippen molar-refractivity contribution in [3.63, 3.8) is 0 Å². The zero-order chi connectivity index (χ0) is 51.1. The highest BCUT2D eigenvalue weighted by atomic mass is 32.2. The van der Waals surface area contributed by atoms with Gasteiger partial charge >= 0.3 is 23.5 Å². The number of rotatable bonds is 31. The van der Waals surface area contributed by atoms with Gasteiger partial charge in [-0.05, 0) is 32.1 Å². The quantitative estimate of drug-likeness (QED) is 0.0219. The Balaban J connectivity index is 1.32. The van der Waals surface area contributed by atoms with E-state index < -0.39 is 84.6 Å². The van der Waals surface area contributed by atoms with E-state index >= 15 is 0 Å². The Morgan fingerprint density at radius 2 is 1.49 bits per heavy atom. The van der Waals surface area contributed by atoms with Crippen LogP contribution in [-0.2, 0) is 50.7 Å². The number of allylic oxidation sites excluding steroid dienone is 12. The van der Waals surface area contributed by atoms with E-state index in [0.29, 0.717) is 5.75 Å². The molecule has 69 heavy (non-hydrogen) atoms. The number of nitrogens with two attached hydrogens (primary N) is 1. The van der Waals surface area contributed by atoms with Crippen molar-refractivity contribution in [1.82, 2.24) is 30.2 Å². The van der Waals surface area contributed by atoms with Gasteiger partial charge in [0, 0.05) is 37.1 Å². The number of aliphatic hydroxyl groups is 2. The van der Waals surface area contributed by atoms with Gasteiger partial charge in [-0.2, -0.15) is 4.31 Å². The summed E-state index contributed by atoms with van der Waals surface area (Å²) in [6, 6.07) is 0. The fraction of sp³-hybridized carbons (Fsp3) is 0.512. The molecule has 0 aliphatic carbocycles. The number of hydrogen-bond donors (Lipinski definition) is 9. The molecule has 3 rings (SSSR count). The molecule has 2 aromatic heterocycles. The minimum Gasteiger partial charge on any atom is -0.386 e. The second kappa shape index (κ2) is 29.4. The van der Waals surface area contributed by atoms with E-state index in [0.717, 1.165) is 61.1 Å². The van der Waals surface area contributed by atoms with E-state index in [-0.39, 0.29) is 48.0 Å². The summed E-state index contributed by atoms with van der Waals surface area (Å²) >= 11 is 1.06. The number of carbonyl (C=O) groups is 3. The van der Waals surface area contributed by atoms with Crippen LogP contribution in [-0.4, -0.2) is 123 Å². The van der Waals surface area contributed by atoms with Crippen molar-refractivity contribution in [1.29, 1.82) is 0 Å². The summed E-state index contributed by atoms with van der Waals surface area (Å²) in [6.07, 6.45) is 22.3.